The summed E-state index contributed by atoms with van der Waals surface area (Å²) in [5, 5.41) is 16.7. The second-order valence-electron chi connectivity index (χ2n) is 4.49. The van der Waals surface area contributed by atoms with Crippen LogP contribution in [0, 0.1) is 10.1 Å². The summed E-state index contributed by atoms with van der Waals surface area (Å²) in [5.41, 5.74) is 0.845. The average Bonchev–Trinajstić information content (AvgIpc) is 2.53. The number of nitro groups is 1. The molecule has 1 heterocycles. The number of anilines is 1. The Kier molecular flexibility index (Phi) is 5.02. The maximum absolute atomic E-state index is 11.4. The lowest BCUT2D eigenvalue weighted by Crippen LogP contribution is -2.29. The van der Waals surface area contributed by atoms with Crippen LogP contribution in [0.1, 0.15) is 6.92 Å². The molecule has 0 radical (unpaired) electrons. The van der Waals surface area contributed by atoms with Crippen LogP contribution in [0.2, 0.25) is 0 Å². The van der Waals surface area contributed by atoms with E-state index >= 15 is 0 Å². The molecule has 0 aliphatic heterocycles. The van der Waals surface area contributed by atoms with Gasteiger partial charge in [0.15, 0.2) is 5.69 Å². The number of hydrogen-bond donors (Lipinski definition) is 2. The number of carbonyl (C=O) groups is 1. The minimum atomic E-state index is -0.469. The zero-order valence-electron chi connectivity index (χ0n) is 12.1. The largest absolute Gasteiger partial charge is 0.361 e. The fourth-order valence-corrected chi connectivity index (χ4v) is 1.94. The minimum Gasteiger partial charge on any atom is -0.361 e. The molecule has 22 heavy (non-hydrogen) atoms. The average molecular weight is 300 g/mol. The van der Waals surface area contributed by atoms with Crippen molar-refractivity contribution in [3.63, 3.8) is 0 Å². The molecule has 0 bridgehead atoms. The van der Waals surface area contributed by atoms with Gasteiger partial charge in [0, 0.05) is 18.2 Å². The summed E-state index contributed by atoms with van der Waals surface area (Å²) in [6.45, 7) is 2.44. The highest BCUT2D eigenvalue weighted by atomic mass is 16.6. The van der Waals surface area contributed by atoms with E-state index in [0.29, 0.717) is 17.9 Å². The van der Waals surface area contributed by atoms with Crippen molar-refractivity contribution in [1.29, 1.82) is 0 Å². The summed E-state index contributed by atoms with van der Waals surface area (Å²) in [6, 6.07) is 11.8. The van der Waals surface area contributed by atoms with Crippen molar-refractivity contribution in [2.45, 2.75) is 6.92 Å². The van der Waals surface area contributed by atoms with Crippen LogP contribution in [0.25, 0.3) is 11.3 Å². The van der Waals surface area contributed by atoms with E-state index in [1.807, 2.05) is 13.0 Å². The molecular weight excluding hydrogens is 284 g/mol. The second kappa shape index (κ2) is 7.16. The highest BCUT2D eigenvalue weighted by Gasteiger charge is 2.17. The summed E-state index contributed by atoms with van der Waals surface area (Å²) in [7, 11) is 0. The fourth-order valence-electron chi connectivity index (χ4n) is 1.94. The fraction of sp³-hybridized carbons (Fsp3) is 0.200. The van der Waals surface area contributed by atoms with Crippen LogP contribution >= 0.6 is 0 Å². The number of hydrogen-bond acceptors (Lipinski definition) is 5. The van der Waals surface area contributed by atoms with Crippen molar-refractivity contribution >= 4 is 17.4 Å². The monoisotopic (exact) mass is 300 g/mol. The van der Waals surface area contributed by atoms with E-state index in [2.05, 4.69) is 15.6 Å². The number of nitrogens with one attached hydrogen (secondary N) is 2. The minimum absolute atomic E-state index is 0.0624. The van der Waals surface area contributed by atoms with Gasteiger partial charge < -0.3 is 10.6 Å². The molecular formula is C15H16N4O3. The molecule has 7 nitrogen and oxygen atoms in total. The van der Waals surface area contributed by atoms with E-state index in [-0.39, 0.29) is 23.8 Å². The third kappa shape index (κ3) is 3.78. The van der Waals surface area contributed by atoms with Gasteiger partial charge in [0.1, 0.15) is 5.82 Å². The normalized spacial score (nSPS) is 10.0. The quantitative estimate of drug-likeness (QED) is 0.629. The van der Waals surface area contributed by atoms with Crippen molar-refractivity contribution in [3.05, 3.63) is 52.6 Å². The number of likely N-dealkylation sites (N-methyl/N-ethyl adjacent to an activating group) is 1. The molecule has 2 rings (SSSR count). The SMILES string of the molecule is CCNC(=O)CNc1ccc([N+](=O)[O-])c(-c2ccccc2)n1. The van der Waals surface area contributed by atoms with Crippen LogP contribution in [-0.2, 0) is 4.79 Å². The highest BCUT2D eigenvalue weighted by molar-refractivity contribution is 5.80. The molecule has 0 atom stereocenters. The Morgan fingerprint density at radius 1 is 1.23 bits per heavy atom. The second-order valence-corrected chi connectivity index (χ2v) is 4.49. The summed E-state index contributed by atoms with van der Waals surface area (Å²) >= 11 is 0. The lowest BCUT2D eigenvalue weighted by Gasteiger charge is -2.08. The van der Waals surface area contributed by atoms with Crippen LogP contribution in [0.15, 0.2) is 42.5 Å². The van der Waals surface area contributed by atoms with Crippen molar-refractivity contribution in [3.8, 4) is 11.3 Å². The highest BCUT2D eigenvalue weighted by Crippen LogP contribution is 2.28. The number of amides is 1. The van der Waals surface area contributed by atoms with Gasteiger partial charge in [0.05, 0.1) is 11.5 Å². The lowest BCUT2D eigenvalue weighted by atomic mass is 10.1. The maximum Gasteiger partial charge on any atom is 0.295 e. The smallest absolute Gasteiger partial charge is 0.295 e. The van der Waals surface area contributed by atoms with Crippen molar-refractivity contribution < 1.29 is 9.72 Å². The predicted molar refractivity (Wildman–Crippen MR) is 83.5 cm³/mol. The molecule has 0 aliphatic carbocycles. The van der Waals surface area contributed by atoms with E-state index in [9.17, 15) is 14.9 Å². The number of rotatable bonds is 6. The van der Waals surface area contributed by atoms with Gasteiger partial charge in [-0.15, -0.1) is 0 Å². The number of carbonyl (C=O) groups excluding carboxylic acids is 1. The van der Waals surface area contributed by atoms with Gasteiger partial charge in [-0.3, -0.25) is 14.9 Å². The van der Waals surface area contributed by atoms with E-state index in [0.717, 1.165) is 0 Å². The Balaban J connectivity index is 2.28. The molecule has 2 N–H and O–H groups in total. The summed E-state index contributed by atoms with van der Waals surface area (Å²) < 4.78 is 0. The van der Waals surface area contributed by atoms with Crippen LogP contribution in [0.5, 0.6) is 0 Å². The van der Waals surface area contributed by atoms with E-state index in [4.69, 9.17) is 0 Å². The molecule has 7 heteroatoms. The van der Waals surface area contributed by atoms with Gasteiger partial charge in [-0.05, 0) is 13.0 Å². The molecule has 1 aromatic carbocycles. The molecule has 2 aromatic rings. The summed E-state index contributed by atoms with van der Waals surface area (Å²) in [5.74, 6) is 0.250. The van der Waals surface area contributed by atoms with Crippen LogP contribution in [0.4, 0.5) is 11.5 Å². The first-order chi connectivity index (χ1) is 10.6. The topological polar surface area (TPSA) is 97.2 Å². The van der Waals surface area contributed by atoms with Gasteiger partial charge in [-0.1, -0.05) is 30.3 Å². The van der Waals surface area contributed by atoms with Gasteiger partial charge >= 0.3 is 0 Å². The first kappa shape index (κ1) is 15.4. The van der Waals surface area contributed by atoms with Gasteiger partial charge in [-0.2, -0.15) is 0 Å². The van der Waals surface area contributed by atoms with Gasteiger partial charge in [-0.25, -0.2) is 4.98 Å². The summed E-state index contributed by atoms with van der Waals surface area (Å²) in [4.78, 5) is 26.4. The molecule has 0 saturated carbocycles. The Hall–Kier alpha value is -2.96. The third-order valence-corrected chi connectivity index (χ3v) is 2.92. The summed E-state index contributed by atoms with van der Waals surface area (Å²) in [6.07, 6.45) is 0. The van der Waals surface area contributed by atoms with Gasteiger partial charge in [0.2, 0.25) is 5.91 Å². The zero-order chi connectivity index (χ0) is 15.9. The van der Waals surface area contributed by atoms with Crippen LogP contribution in [-0.4, -0.2) is 28.9 Å². The first-order valence-electron chi connectivity index (χ1n) is 6.83. The lowest BCUT2D eigenvalue weighted by molar-refractivity contribution is -0.384. The number of nitrogens with zero attached hydrogens (tertiary/aromatic N) is 2. The molecule has 0 spiro atoms. The Labute approximate surface area is 127 Å². The Morgan fingerprint density at radius 3 is 2.59 bits per heavy atom. The predicted octanol–water partition coefficient (Wildman–Crippen LogP) is 2.20. The Bertz CT molecular complexity index is 674. The molecule has 0 saturated heterocycles. The molecule has 114 valence electrons. The van der Waals surface area contributed by atoms with Crippen LogP contribution in [0.3, 0.4) is 0 Å². The van der Waals surface area contributed by atoms with E-state index in [1.54, 1.807) is 24.3 Å². The van der Waals surface area contributed by atoms with Crippen molar-refractivity contribution in [2.75, 3.05) is 18.4 Å². The number of aromatic nitrogens is 1. The molecule has 0 fully saturated rings. The third-order valence-electron chi connectivity index (χ3n) is 2.92. The van der Waals surface area contributed by atoms with Crippen LogP contribution < -0.4 is 10.6 Å². The van der Waals surface area contributed by atoms with Crippen molar-refractivity contribution in [2.24, 2.45) is 0 Å². The number of pyridine rings is 1. The zero-order valence-corrected chi connectivity index (χ0v) is 12.1. The Morgan fingerprint density at radius 2 is 1.95 bits per heavy atom. The molecule has 1 aromatic heterocycles. The maximum atomic E-state index is 11.4. The standard InChI is InChI=1S/C15H16N4O3/c1-2-16-14(20)10-17-13-9-8-12(19(21)22)15(18-13)11-6-4-3-5-7-11/h3-9H,2,10H2,1H3,(H,16,20)(H,17,18). The first-order valence-corrected chi connectivity index (χ1v) is 6.83. The molecule has 0 unspecified atom stereocenters. The number of benzene rings is 1. The van der Waals surface area contributed by atoms with E-state index in [1.165, 1.54) is 12.1 Å². The molecule has 1 amide bonds. The van der Waals surface area contributed by atoms with Crippen molar-refractivity contribution in [1.82, 2.24) is 10.3 Å². The molecule has 0 aliphatic rings. The van der Waals surface area contributed by atoms with E-state index < -0.39 is 4.92 Å². The van der Waals surface area contributed by atoms with Gasteiger partial charge in [0.25, 0.3) is 5.69 Å².